The smallest absolute Gasteiger partial charge is 0.397 e. The highest BCUT2D eigenvalue weighted by Crippen LogP contribution is 2.41. The molecule has 0 amide bonds. The molecule has 0 atom stereocenters. The van der Waals surface area contributed by atoms with E-state index in [1.54, 1.807) is 0 Å². The third kappa shape index (κ3) is 4.11. The van der Waals surface area contributed by atoms with Crippen molar-refractivity contribution >= 4 is 37.0 Å². The van der Waals surface area contributed by atoms with E-state index in [4.69, 9.17) is 22.3 Å². The molecule has 0 bridgehead atoms. The van der Waals surface area contributed by atoms with Crippen LogP contribution in [0, 0.1) is 10.1 Å². The second kappa shape index (κ2) is 5.02. The minimum atomic E-state index is -5.34. The monoisotopic (exact) mass is 339 g/mol. The van der Waals surface area contributed by atoms with Gasteiger partial charge in [-0.05, 0) is 6.07 Å². The van der Waals surface area contributed by atoms with Crippen molar-refractivity contribution in [1.82, 2.24) is 0 Å². The Hall–Kier alpha value is -1.26. The van der Waals surface area contributed by atoms with Crippen molar-refractivity contribution in [2.75, 3.05) is 0 Å². The molecule has 0 N–H and O–H groups in total. The summed E-state index contributed by atoms with van der Waals surface area (Å²) in [6.45, 7) is 0. The third-order valence-corrected chi connectivity index (χ3v) is 3.22. The van der Waals surface area contributed by atoms with Crippen molar-refractivity contribution in [3.8, 4) is 5.75 Å². The van der Waals surface area contributed by atoms with E-state index in [0.29, 0.717) is 12.1 Å². The van der Waals surface area contributed by atoms with Crippen LogP contribution in [0.1, 0.15) is 0 Å². The Morgan fingerprint density at radius 2 is 1.84 bits per heavy atom. The summed E-state index contributed by atoms with van der Waals surface area (Å²) in [5.74, 6) is -1.54. The third-order valence-electron chi connectivity index (χ3n) is 1.68. The quantitative estimate of drug-likeness (QED) is 0.479. The van der Waals surface area contributed by atoms with Crippen molar-refractivity contribution < 1.29 is 31.2 Å². The molecular formula is C7H2Cl2F3NO5S. The molecule has 0 unspecified atom stereocenters. The van der Waals surface area contributed by atoms with Crippen LogP contribution in [0.15, 0.2) is 17.0 Å². The standard InChI is InChI=1S/C7H2Cl2F3NO5S/c8-3-1-4(13(14)15)6(18-7(10,11)12)5(2-3)19(9,16)17/h1-2H. The van der Waals surface area contributed by atoms with Crippen molar-refractivity contribution in [2.24, 2.45) is 0 Å². The number of rotatable bonds is 3. The number of hydrogen-bond acceptors (Lipinski definition) is 5. The number of halogens is 5. The second-order valence-corrected chi connectivity index (χ2v) is 5.97. The van der Waals surface area contributed by atoms with Crippen LogP contribution in [-0.4, -0.2) is 19.7 Å². The molecule has 1 aromatic rings. The van der Waals surface area contributed by atoms with E-state index in [0.717, 1.165) is 0 Å². The minimum Gasteiger partial charge on any atom is -0.397 e. The number of hydrogen-bond donors (Lipinski definition) is 0. The molecule has 12 heteroatoms. The fourth-order valence-electron chi connectivity index (χ4n) is 1.09. The highest BCUT2D eigenvalue weighted by atomic mass is 35.7. The van der Waals surface area contributed by atoms with Crippen LogP contribution in [0.2, 0.25) is 5.02 Å². The van der Waals surface area contributed by atoms with E-state index in [2.05, 4.69) is 4.74 Å². The molecule has 0 aliphatic carbocycles. The largest absolute Gasteiger partial charge is 0.573 e. The van der Waals surface area contributed by atoms with Gasteiger partial charge in [-0.25, -0.2) is 8.42 Å². The lowest BCUT2D eigenvalue weighted by atomic mass is 10.3. The number of nitrogens with zero attached hydrogens (tertiary/aromatic N) is 1. The fourth-order valence-corrected chi connectivity index (χ4v) is 2.35. The van der Waals surface area contributed by atoms with Crippen molar-refractivity contribution in [2.45, 2.75) is 11.3 Å². The zero-order valence-electron chi connectivity index (χ0n) is 8.44. The molecule has 0 fully saturated rings. The Kier molecular flexibility index (Phi) is 4.17. The van der Waals surface area contributed by atoms with Crippen LogP contribution < -0.4 is 4.74 Å². The molecular weight excluding hydrogens is 338 g/mol. The maximum atomic E-state index is 12.1. The summed E-state index contributed by atoms with van der Waals surface area (Å²) in [6.07, 6.45) is -5.34. The number of benzene rings is 1. The lowest BCUT2D eigenvalue weighted by Gasteiger charge is -2.12. The molecule has 19 heavy (non-hydrogen) atoms. The van der Waals surface area contributed by atoms with Crippen LogP contribution in [-0.2, 0) is 9.05 Å². The molecule has 0 radical (unpaired) electrons. The van der Waals surface area contributed by atoms with E-state index in [-0.39, 0.29) is 0 Å². The summed E-state index contributed by atoms with van der Waals surface area (Å²) >= 11 is 5.38. The van der Waals surface area contributed by atoms with Gasteiger partial charge in [0, 0.05) is 21.8 Å². The van der Waals surface area contributed by atoms with Gasteiger partial charge in [-0.3, -0.25) is 10.1 Å². The van der Waals surface area contributed by atoms with Gasteiger partial charge < -0.3 is 4.74 Å². The second-order valence-electron chi connectivity index (χ2n) is 2.99. The molecule has 0 saturated heterocycles. The van der Waals surface area contributed by atoms with Crippen LogP contribution >= 0.6 is 22.3 Å². The van der Waals surface area contributed by atoms with Gasteiger partial charge in [0.05, 0.1) is 4.92 Å². The molecule has 0 aliphatic heterocycles. The van der Waals surface area contributed by atoms with Gasteiger partial charge in [-0.15, -0.1) is 13.2 Å². The van der Waals surface area contributed by atoms with Gasteiger partial charge in [-0.1, -0.05) is 11.6 Å². The molecule has 0 saturated carbocycles. The molecule has 1 rings (SSSR count). The van der Waals surface area contributed by atoms with E-state index in [9.17, 15) is 31.7 Å². The van der Waals surface area contributed by atoms with Crippen LogP contribution in [0.3, 0.4) is 0 Å². The lowest BCUT2D eigenvalue weighted by molar-refractivity contribution is -0.389. The van der Waals surface area contributed by atoms with Crippen molar-refractivity contribution in [3.05, 3.63) is 27.3 Å². The molecule has 6 nitrogen and oxygen atoms in total. The predicted molar refractivity (Wildman–Crippen MR) is 57.8 cm³/mol. The van der Waals surface area contributed by atoms with Crippen LogP contribution in [0.25, 0.3) is 0 Å². The van der Waals surface area contributed by atoms with Gasteiger partial charge in [0.25, 0.3) is 9.05 Å². The summed E-state index contributed by atoms with van der Waals surface area (Å²) in [5.41, 5.74) is -1.27. The zero-order valence-corrected chi connectivity index (χ0v) is 10.8. The molecule has 0 heterocycles. The molecule has 0 spiro atoms. The van der Waals surface area contributed by atoms with E-state index >= 15 is 0 Å². The van der Waals surface area contributed by atoms with Crippen molar-refractivity contribution in [1.29, 1.82) is 0 Å². The number of ether oxygens (including phenoxy) is 1. The maximum absolute atomic E-state index is 12.1. The molecule has 106 valence electrons. The first kappa shape index (κ1) is 15.8. The maximum Gasteiger partial charge on any atom is 0.573 e. The summed E-state index contributed by atoms with van der Waals surface area (Å²) in [6, 6.07) is 1.02. The van der Waals surface area contributed by atoms with Crippen molar-refractivity contribution in [3.63, 3.8) is 0 Å². The van der Waals surface area contributed by atoms with Crippen LogP contribution in [0.4, 0.5) is 18.9 Å². The van der Waals surface area contributed by atoms with Gasteiger partial charge in [0.1, 0.15) is 4.90 Å². The zero-order chi connectivity index (χ0) is 15.0. The van der Waals surface area contributed by atoms with E-state index in [1.165, 1.54) is 0 Å². The van der Waals surface area contributed by atoms with E-state index in [1.807, 2.05) is 0 Å². The first-order chi connectivity index (χ1) is 8.42. The van der Waals surface area contributed by atoms with E-state index < -0.39 is 41.7 Å². The Morgan fingerprint density at radius 1 is 1.32 bits per heavy atom. The van der Waals surface area contributed by atoms with Gasteiger partial charge in [0.15, 0.2) is 0 Å². The molecule has 0 aliphatic rings. The average molecular weight is 340 g/mol. The van der Waals surface area contributed by atoms with Crippen LogP contribution in [0.5, 0.6) is 5.75 Å². The summed E-state index contributed by atoms with van der Waals surface area (Å²) < 4.78 is 62.0. The normalized spacial score (nSPS) is 12.3. The Morgan fingerprint density at radius 3 is 2.21 bits per heavy atom. The fraction of sp³-hybridized carbons (Fsp3) is 0.143. The summed E-state index contributed by atoms with van der Waals surface area (Å²) in [5, 5.41) is 10.1. The summed E-state index contributed by atoms with van der Waals surface area (Å²) in [4.78, 5) is 8.08. The lowest BCUT2D eigenvalue weighted by Crippen LogP contribution is -2.19. The van der Waals surface area contributed by atoms with Gasteiger partial charge in [0.2, 0.25) is 5.75 Å². The topological polar surface area (TPSA) is 86.5 Å². The number of nitro benzene ring substituents is 1. The Labute approximate surface area is 113 Å². The minimum absolute atomic E-state index is 0.486. The Balaban J connectivity index is 3.67. The first-order valence-corrected chi connectivity index (χ1v) is 6.79. The van der Waals surface area contributed by atoms with Gasteiger partial charge in [-0.2, -0.15) is 0 Å². The summed E-state index contributed by atoms with van der Waals surface area (Å²) in [7, 11) is 0.159. The highest BCUT2D eigenvalue weighted by molar-refractivity contribution is 8.13. The number of alkyl halides is 3. The molecule has 0 aromatic heterocycles. The van der Waals surface area contributed by atoms with Gasteiger partial charge >= 0.3 is 12.0 Å². The number of nitro groups is 1. The molecule has 1 aromatic carbocycles. The first-order valence-electron chi connectivity index (χ1n) is 4.10. The average Bonchev–Trinajstić information content (AvgIpc) is 2.16. The Bertz CT molecular complexity index is 630. The SMILES string of the molecule is O=[N+]([O-])c1cc(Cl)cc(S(=O)(=O)Cl)c1OC(F)(F)F. The highest BCUT2D eigenvalue weighted by Gasteiger charge is 2.38. The predicted octanol–water partition coefficient (Wildman–Crippen LogP) is 3.07.